The topological polar surface area (TPSA) is 74.2 Å². The largest absolute Gasteiger partial charge is 0.456 e. The number of hydrogen-bond donors (Lipinski definition) is 1. The summed E-state index contributed by atoms with van der Waals surface area (Å²) in [4.78, 5) is 30.5. The van der Waals surface area contributed by atoms with Gasteiger partial charge in [0.1, 0.15) is 0 Å². The highest BCUT2D eigenvalue weighted by molar-refractivity contribution is 8.00. The second-order valence-corrected chi connectivity index (χ2v) is 9.93. The highest BCUT2D eigenvalue weighted by Gasteiger charge is 2.13. The van der Waals surface area contributed by atoms with Gasteiger partial charge in [0.05, 0.1) is 11.4 Å². The van der Waals surface area contributed by atoms with Crippen LogP contribution in [0.5, 0.6) is 0 Å². The molecule has 0 aliphatic carbocycles. The molecule has 2 rings (SSSR count). The summed E-state index contributed by atoms with van der Waals surface area (Å²) in [7, 11) is 4.04. The molecule has 1 amide bonds. The fourth-order valence-corrected chi connectivity index (χ4v) is 3.66. The summed E-state index contributed by atoms with van der Waals surface area (Å²) >= 11 is 1.62. The van der Waals surface area contributed by atoms with Crippen molar-refractivity contribution in [3.8, 4) is 0 Å². The van der Waals surface area contributed by atoms with Gasteiger partial charge in [0.15, 0.2) is 6.61 Å². The average molecular weight is 471 g/mol. The van der Waals surface area contributed by atoms with E-state index in [1.165, 1.54) is 6.92 Å². The lowest BCUT2D eigenvalue weighted by molar-refractivity contribution is -0.144. The molecule has 2 aromatic carbocycles. The Balaban J connectivity index is 2.16. The molecule has 0 spiro atoms. The standard InChI is InChI=1S/C25H34N4O3S/c1-8-29(20-11-14-23(28(6)7)22(15-20)26-17-25(3,4)5)33-21-12-9-19(10-13-21)27-24(31)16-32-18(2)30/h9-15,17H,8,16H2,1-7H3,(H,27,31). The molecule has 178 valence electrons. The molecule has 0 radical (unpaired) electrons. The predicted octanol–water partition coefficient (Wildman–Crippen LogP) is 5.54. The van der Waals surface area contributed by atoms with Crippen LogP contribution >= 0.6 is 11.9 Å². The van der Waals surface area contributed by atoms with Crippen LogP contribution in [0, 0.1) is 5.41 Å². The van der Waals surface area contributed by atoms with Gasteiger partial charge in [0.2, 0.25) is 0 Å². The number of anilines is 3. The highest BCUT2D eigenvalue weighted by atomic mass is 32.2. The van der Waals surface area contributed by atoms with E-state index >= 15 is 0 Å². The van der Waals surface area contributed by atoms with Crippen molar-refractivity contribution in [1.82, 2.24) is 0 Å². The van der Waals surface area contributed by atoms with E-state index in [4.69, 9.17) is 9.73 Å². The average Bonchev–Trinajstić information content (AvgIpc) is 2.75. The van der Waals surface area contributed by atoms with Crippen LogP contribution < -0.4 is 14.5 Å². The van der Waals surface area contributed by atoms with Crippen LogP contribution in [-0.4, -0.2) is 45.3 Å². The molecular formula is C25H34N4O3S. The van der Waals surface area contributed by atoms with Gasteiger partial charge in [0, 0.05) is 50.0 Å². The Morgan fingerprint density at radius 2 is 1.79 bits per heavy atom. The molecule has 8 heteroatoms. The summed E-state index contributed by atoms with van der Waals surface area (Å²) in [6.45, 7) is 10.3. The van der Waals surface area contributed by atoms with Crippen molar-refractivity contribution < 1.29 is 14.3 Å². The molecule has 0 saturated carbocycles. The predicted molar refractivity (Wildman–Crippen MR) is 139 cm³/mol. The lowest BCUT2D eigenvalue weighted by Crippen LogP contribution is -2.19. The van der Waals surface area contributed by atoms with Gasteiger partial charge >= 0.3 is 5.97 Å². The van der Waals surface area contributed by atoms with Crippen molar-refractivity contribution in [2.75, 3.05) is 41.8 Å². The van der Waals surface area contributed by atoms with E-state index in [0.29, 0.717) is 5.69 Å². The number of rotatable bonds is 9. The number of esters is 1. The Labute approximate surface area is 201 Å². The number of carbonyl (C=O) groups excluding carboxylic acids is 2. The monoisotopic (exact) mass is 470 g/mol. The summed E-state index contributed by atoms with van der Waals surface area (Å²) in [5.41, 5.74) is 3.70. The van der Waals surface area contributed by atoms with Crippen LogP contribution in [0.15, 0.2) is 52.4 Å². The maximum absolute atomic E-state index is 11.8. The molecule has 7 nitrogen and oxygen atoms in total. The van der Waals surface area contributed by atoms with Gasteiger partial charge in [-0.15, -0.1) is 0 Å². The number of nitrogens with zero attached hydrogens (tertiary/aromatic N) is 3. The third-order valence-corrected chi connectivity index (χ3v) is 5.54. The van der Waals surface area contributed by atoms with Gasteiger partial charge in [-0.1, -0.05) is 20.8 Å². The maximum atomic E-state index is 11.8. The van der Waals surface area contributed by atoms with Crippen molar-refractivity contribution in [2.45, 2.75) is 39.5 Å². The summed E-state index contributed by atoms with van der Waals surface area (Å²) < 4.78 is 6.91. The van der Waals surface area contributed by atoms with Gasteiger partial charge in [-0.25, -0.2) is 0 Å². The Bertz CT molecular complexity index is 982. The van der Waals surface area contributed by atoms with E-state index in [2.05, 4.69) is 60.4 Å². The molecular weight excluding hydrogens is 436 g/mol. The Kier molecular flexibility index (Phi) is 9.34. The van der Waals surface area contributed by atoms with Crippen molar-refractivity contribution >= 4 is 52.8 Å². The molecule has 0 bridgehead atoms. The number of amides is 1. The maximum Gasteiger partial charge on any atom is 0.303 e. The van der Waals surface area contributed by atoms with E-state index in [9.17, 15) is 9.59 Å². The van der Waals surface area contributed by atoms with E-state index in [0.717, 1.165) is 28.5 Å². The molecule has 2 aromatic rings. The molecule has 0 fully saturated rings. The molecule has 0 aliphatic rings. The number of carbonyl (C=O) groups is 2. The van der Waals surface area contributed by atoms with Crippen LogP contribution in [0.25, 0.3) is 0 Å². The molecule has 0 unspecified atom stereocenters. The third-order valence-electron chi connectivity index (χ3n) is 4.37. The van der Waals surface area contributed by atoms with Gasteiger partial charge in [0.25, 0.3) is 5.91 Å². The first-order chi connectivity index (χ1) is 15.5. The first-order valence-corrected chi connectivity index (χ1v) is 11.6. The number of ether oxygens (including phenoxy) is 1. The molecule has 0 saturated heterocycles. The minimum absolute atomic E-state index is 0.00581. The molecule has 0 aromatic heterocycles. The molecule has 0 heterocycles. The van der Waals surface area contributed by atoms with Crippen LogP contribution in [0.3, 0.4) is 0 Å². The normalized spacial score (nSPS) is 11.4. The smallest absolute Gasteiger partial charge is 0.303 e. The van der Waals surface area contributed by atoms with Crippen molar-refractivity contribution in [3.63, 3.8) is 0 Å². The summed E-state index contributed by atoms with van der Waals surface area (Å²) in [5, 5.41) is 2.71. The molecule has 0 aliphatic heterocycles. The van der Waals surface area contributed by atoms with E-state index < -0.39 is 5.97 Å². The summed E-state index contributed by atoms with van der Waals surface area (Å²) in [6, 6.07) is 13.9. The Hall–Kier alpha value is -3.00. The highest BCUT2D eigenvalue weighted by Crippen LogP contribution is 2.36. The Morgan fingerprint density at radius 3 is 2.33 bits per heavy atom. The van der Waals surface area contributed by atoms with Crippen LogP contribution in [0.1, 0.15) is 34.6 Å². The number of hydrogen-bond acceptors (Lipinski definition) is 7. The van der Waals surface area contributed by atoms with Crippen molar-refractivity contribution in [1.29, 1.82) is 0 Å². The molecule has 0 atom stereocenters. The first-order valence-electron chi connectivity index (χ1n) is 10.8. The van der Waals surface area contributed by atoms with Gasteiger partial charge < -0.3 is 19.3 Å². The van der Waals surface area contributed by atoms with Crippen LogP contribution in [0.2, 0.25) is 0 Å². The lowest BCUT2D eigenvalue weighted by atomic mass is 9.99. The fraction of sp³-hybridized carbons (Fsp3) is 0.400. The minimum atomic E-state index is -0.484. The summed E-state index contributed by atoms with van der Waals surface area (Å²) in [6.07, 6.45) is 1.98. The Morgan fingerprint density at radius 1 is 1.12 bits per heavy atom. The molecule has 33 heavy (non-hydrogen) atoms. The van der Waals surface area contributed by atoms with Crippen molar-refractivity contribution in [2.24, 2.45) is 10.4 Å². The lowest BCUT2D eigenvalue weighted by Gasteiger charge is -2.24. The zero-order chi connectivity index (χ0) is 24.6. The summed E-state index contributed by atoms with van der Waals surface area (Å²) in [5.74, 6) is -0.854. The minimum Gasteiger partial charge on any atom is -0.456 e. The second kappa shape index (κ2) is 11.7. The van der Waals surface area contributed by atoms with Gasteiger partial charge in [-0.05, 0) is 66.8 Å². The second-order valence-electron chi connectivity index (χ2n) is 8.83. The SMILES string of the molecule is CCN(Sc1ccc(NC(=O)COC(C)=O)cc1)c1ccc(N(C)C)c(N=CC(C)(C)C)c1. The number of nitrogens with one attached hydrogen (secondary N) is 1. The zero-order valence-corrected chi connectivity index (χ0v) is 21.3. The van der Waals surface area contributed by atoms with E-state index in [-0.39, 0.29) is 17.9 Å². The van der Waals surface area contributed by atoms with E-state index in [1.54, 1.807) is 11.9 Å². The van der Waals surface area contributed by atoms with Crippen LogP contribution in [-0.2, 0) is 14.3 Å². The quantitative estimate of drug-likeness (QED) is 0.295. The molecule has 1 N–H and O–H groups in total. The zero-order valence-electron chi connectivity index (χ0n) is 20.5. The van der Waals surface area contributed by atoms with Gasteiger partial charge in [-0.3, -0.25) is 14.6 Å². The number of aliphatic imine (C=N–C) groups is 1. The third kappa shape index (κ3) is 8.81. The van der Waals surface area contributed by atoms with Crippen molar-refractivity contribution in [3.05, 3.63) is 42.5 Å². The van der Waals surface area contributed by atoms with Crippen LogP contribution in [0.4, 0.5) is 22.7 Å². The fourth-order valence-electron chi connectivity index (χ4n) is 2.80. The number of benzene rings is 2. The van der Waals surface area contributed by atoms with E-state index in [1.807, 2.05) is 44.6 Å². The van der Waals surface area contributed by atoms with Gasteiger partial charge in [-0.2, -0.15) is 0 Å². The first kappa shape index (κ1) is 26.3.